The highest BCUT2D eigenvalue weighted by Crippen LogP contribution is 2.36. The SMILES string of the molecule is c1ccc(-n2ncc3c2-c2scnc2CC3)cc1. The highest BCUT2D eigenvalue weighted by molar-refractivity contribution is 7.13. The average molecular weight is 253 g/mol. The van der Waals surface area contributed by atoms with Gasteiger partial charge in [-0.1, -0.05) is 18.2 Å². The number of aryl methyl sites for hydroxylation is 2. The summed E-state index contributed by atoms with van der Waals surface area (Å²) >= 11 is 1.71. The third-order valence-corrected chi connectivity index (χ3v) is 4.21. The van der Waals surface area contributed by atoms with Crippen LogP contribution in [0.1, 0.15) is 11.3 Å². The van der Waals surface area contributed by atoms with Gasteiger partial charge < -0.3 is 0 Å². The molecule has 0 radical (unpaired) electrons. The predicted molar refractivity (Wildman–Crippen MR) is 72.1 cm³/mol. The largest absolute Gasteiger partial charge is 0.249 e. The zero-order valence-electron chi connectivity index (χ0n) is 9.71. The molecule has 2 heterocycles. The van der Waals surface area contributed by atoms with Gasteiger partial charge in [0.1, 0.15) is 0 Å². The van der Waals surface area contributed by atoms with E-state index in [0.717, 1.165) is 18.5 Å². The van der Waals surface area contributed by atoms with Crippen LogP contribution in [0.25, 0.3) is 16.3 Å². The maximum Gasteiger partial charge on any atom is 0.0891 e. The van der Waals surface area contributed by atoms with E-state index in [1.807, 2.05) is 34.6 Å². The van der Waals surface area contributed by atoms with Gasteiger partial charge in [-0.25, -0.2) is 9.67 Å². The molecule has 0 saturated carbocycles. The van der Waals surface area contributed by atoms with E-state index in [0.29, 0.717) is 0 Å². The lowest BCUT2D eigenvalue weighted by atomic mass is 10.0. The third-order valence-electron chi connectivity index (χ3n) is 3.33. The summed E-state index contributed by atoms with van der Waals surface area (Å²) in [4.78, 5) is 5.72. The van der Waals surface area contributed by atoms with Crippen molar-refractivity contribution in [2.75, 3.05) is 0 Å². The van der Waals surface area contributed by atoms with Crippen molar-refractivity contribution in [2.24, 2.45) is 0 Å². The van der Waals surface area contributed by atoms with Gasteiger partial charge in [-0.15, -0.1) is 11.3 Å². The van der Waals surface area contributed by atoms with Crippen LogP contribution >= 0.6 is 11.3 Å². The summed E-state index contributed by atoms with van der Waals surface area (Å²) in [6.07, 6.45) is 4.07. The fourth-order valence-corrected chi connectivity index (χ4v) is 3.37. The van der Waals surface area contributed by atoms with Crippen LogP contribution in [-0.2, 0) is 12.8 Å². The van der Waals surface area contributed by atoms with Gasteiger partial charge in [0.2, 0.25) is 0 Å². The van der Waals surface area contributed by atoms with Crippen LogP contribution in [0.4, 0.5) is 0 Å². The molecule has 1 aliphatic rings. The van der Waals surface area contributed by atoms with Crippen LogP contribution < -0.4 is 0 Å². The molecule has 0 spiro atoms. The van der Waals surface area contributed by atoms with E-state index >= 15 is 0 Å². The molecule has 4 rings (SSSR count). The van der Waals surface area contributed by atoms with Crippen molar-refractivity contribution < 1.29 is 0 Å². The Kier molecular flexibility index (Phi) is 2.11. The second-order valence-corrected chi connectivity index (χ2v) is 5.25. The van der Waals surface area contributed by atoms with Gasteiger partial charge in [-0.2, -0.15) is 5.10 Å². The second-order valence-electron chi connectivity index (χ2n) is 4.39. The molecule has 4 heteroatoms. The van der Waals surface area contributed by atoms with Gasteiger partial charge in [-0.3, -0.25) is 0 Å². The molecule has 18 heavy (non-hydrogen) atoms. The lowest BCUT2D eigenvalue weighted by molar-refractivity contribution is 0.871. The molecule has 3 nitrogen and oxygen atoms in total. The van der Waals surface area contributed by atoms with Gasteiger partial charge in [0.15, 0.2) is 0 Å². The molecule has 0 atom stereocenters. The Morgan fingerprint density at radius 2 is 2.00 bits per heavy atom. The van der Waals surface area contributed by atoms with E-state index in [-0.39, 0.29) is 0 Å². The first kappa shape index (κ1) is 10.0. The molecule has 0 saturated heterocycles. The Morgan fingerprint density at radius 1 is 1.11 bits per heavy atom. The van der Waals surface area contributed by atoms with Crippen molar-refractivity contribution in [1.82, 2.24) is 14.8 Å². The van der Waals surface area contributed by atoms with Crippen LogP contribution in [0.15, 0.2) is 42.0 Å². The number of thiazole rings is 1. The van der Waals surface area contributed by atoms with E-state index < -0.39 is 0 Å². The quantitative estimate of drug-likeness (QED) is 0.667. The molecule has 88 valence electrons. The zero-order chi connectivity index (χ0) is 11.9. The lowest BCUT2D eigenvalue weighted by Crippen LogP contribution is -2.05. The molecule has 0 bridgehead atoms. The first-order chi connectivity index (χ1) is 8.93. The highest BCUT2D eigenvalue weighted by Gasteiger charge is 2.23. The summed E-state index contributed by atoms with van der Waals surface area (Å²) in [7, 11) is 0. The third kappa shape index (κ3) is 1.36. The normalized spacial score (nSPS) is 13.1. The Morgan fingerprint density at radius 3 is 2.89 bits per heavy atom. The maximum absolute atomic E-state index is 4.54. The van der Waals surface area contributed by atoms with Crippen LogP contribution in [0.5, 0.6) is 0 Å². The van der Waals surface area contributed by atoms with Crippen LogP contribution in [0.3, 0.4) is 0 Å². The topological polar surface area (TPSA) is 30.7 Å². The maximum atomic E-state index is 4.54. The van der Waals surface area contributed by atoms with Crippen molar-refractivity contribution in [3.63, 3.8) is 0 Å². The van der Waals surface area contributed by atoms with Gasteiger partial charge in [0.05, 0.1) is 33.7 Å². The van der Waals surface area contributed by atoms with Gasteiger partial charge in [0.25, 0.3) is 0 Å². The Bertz CT molecular complexity index is 697. The minimum atomic E-state index is 1.03. The second kappa shape index (κ2) is 3.78. The standard InChI is InChI=1S/C14H11N3S/c1-2-4-11(5-3-1)17-13-10(8-16-17)6-7-12-14(13)18-9-15-12/h1-5,8-9H,6-7H2. The number of hydrogen-bond donors (Lipinski definition) is 0. The van der Waals surface area contributed by atoms with E-state index in [2.05, 4.69) is 22.2 Å². The first-order valence-electron chi connectivity index (χ1n) is 5.98. The number of fused-ring (bicyclic) bond motifs is 3. The van der Waals surface area contributed by atoms with E-state index in [1.165, 1.54) is 21.8 Å². The summed E-state index contributed by atoms with van der Waals surface area (Å²) in [6.45, 7) is 0. The molecule has 0 aliphatic heterocycles. The molecule has 1 aromatic carbocycles. The number of rotatable bonds is 1. The minimum absolute atomic E-state index is 1.03. The first-order valence-corrected chi connectivity index (χ1v) is 6.86. The summed E-state index contributed by atoms with van der Waals surface area (Å²) in [5, 5.41) is 4.54. The molecular formula is C14H11N3S. The predicted octanol–water partition coefficient (Wildman–Crippen LogP) is 3.09. The van der Waals surface area contributed by atoms with Crippen LogP contribution in [0.2, 0.25) is 0 Å². The Balaban J connectivity index is 1.97. The Hall–Kier alpha value is -1.94. The molecule has 0 unspecified atom stereocenters. The van der Waals surface area contributed by atoms with Crippen molar-refractivity contribution in [1.29, 1.82) is 0 Å². The van der Waals surface area contributed by atoms with Crippen molar-refractivity contribution in [2.45, 2.75) is 12.8 Å². The fraction of sp³-hybridized carbons (Fsp3) is 0.143. The number of para-hydroxylation sites is 1. The van der Waals surface area contributed by atoms with E-state index in [4.69, 9.17) is 0 Å². The number of nitrogens with zero attached hydrogens (tertiary/aromatic N) is 3. The smallest absolute Gasteiger partial charge is 0.0891 e. The highest BCUT2D eigenvalue weighted by atomic mass is 32.1. The minimum Gasteiger partial charge on any atom is -0.249 e. The summed E-state index contributed by atoms with van der Waals surface area (Å²) in [5.41, 5.74) is 6.81. The van der Waals surface area contributed by atoms with Crippen molar-refractivity contribution in [3.8, 4) is 16.3 Å². The molecule has 3 aromatic rings. The number of aromatic nitrogens is 3. The van der Waals surface area contributed by atoms with Crippen molar-refractivity contribution >= 4 is 11.3 Å². The number of hydrogen-bond acceptors (Lipinski definition) is 3. The van der Waals surface area contributed by atoms with Crippen LogP contribution in [-0.4, -0.2) is 14.8 Å². The van der Waals surface area contributed by atoms with Crippen LogP contribution in [0, 0.1) is 0 Å². The van der Waals surface area contributed by atoms with Gasteiger partial charge in [-0.05, 0) is 30.5 Å². The molecule has 0 N–H and O–H groups in total. The fourth-order valence-electron chi connectivity index (χ4n) is 2.47. The van der Waals surface area contributed by atoms with Gasteiger partial charge >= 0.3 is 0 Å². The van der Waals surface area contributed by atoms with E-state index in [1.54, 1.807) is 11.3 Å². The summed E-state index contributed by atoms with van der Waals surface area (Å²) in [5.74, 6) is 0. The molecule has 0 amide bonds. The average Bonchev–Trinajstić information content (AvgIpc) is 3.05. The van der Waals surface area contributed by atoms with Crippen molar-refractivity contribution in [3.05, 3.63) is 53.3 Å². The van der Waals surface area contributed by atoms with Gasteiger partial charge in [0, 0.05) is 0 Å². The number of benzene rings is 1. The Labute approximate surface area is 109 Å². The molecule has 0 fully saturated rings. The zero-order valence-corrected chi connectivity index (χ0v) is 10.5. The molecule has 2 aromatic heterocycles. The molecule has 1 aliphatic carbocycles. The molecular weight excluding hydrogens is 242 g/mol. The van der Waals surface area contributed by atoms with E-state index in [9.17, 15) is 0 Å². The monoisotopic (exact) mass is 253 g/mol. The lowest BCUT2D eigenvalue weighted by Gasteiger charge is -2.13. The summed E-state index contributed by atoms with van der Waals surface area (Å²) < 4.78 is 2.03. The summed E-state index contributed by atoms with van der Waals surface area (Å²) in [6, 6.07) is 10.3.